The number of halogens is 3. The van der Waals surface area contributed by atoms with Gasteiger partial charge in [-0.1, -0.05) is 6.07 Å². The van der Waals surface area contributed by atoms with E-state index in [0.717, 1.165) is 18.3 Å². The smallest absolute Gasteiger partial charge is 0.419 e. The number of primary amides is 1. The Morgan fingerprint density at radius 2 is 1.83 bits per heavy atom. The standard InChI is InChI=1S/C14H9F3N2O4/c15-14(16,17)13(22)23-9-3-1-2-8(12(18)21)11(9)7-4-5-10(20)19-6-7/h1-6H,(H2,18,21)(H,19,20). The lowest BCUT2D eigenvalue weighted by atomic mass is 9.99. The zero-order valence-corrected chi connectivity index (χ0v) is 11.3. The maximum Gasteiger partial charge on any atom is 0.491 e. The molecule has 0 spiro atoms. The van der Waals surface area contributed by atoms with E-state index in [0.29, 0.717) is 0 Å². The van der Waals surface area contributed by atoms with Crippen molar-refractivity contribution in [3.63, 3.8) is 0 Å². The molecule has 1 heterocycles. The van der Waals surface area contributed by atoms with E-state index < -0.39 is 29.4 Å². The van der Waals surface area contributed by atoms with Gasteiger partial charge in [0.1, 0.15) is 5.75 Å². The molecule has 2 aromatic rings. The summed E-state index contributed by atoms with van der Waals surface area (Å²) in [6.45, 7) is 0. The molecular formula is C14H9F3N2O4. The number of nitrogens with two attached hydrogens (primary N) is 1. The highest BCUT2D eigenvalue weighted by atomic mass is 19.4. The van der Waals surface area contributed by atoms with E-state index >= 15 is 0 Å². The van der Waals surface area contributed by atoms with Gasteiger partial charge in [-0.05, 0) is 18.2 Å². The van der Waals surface area contributed by atoms with E-state index in [1.165, 1.54) is 18.2 Å². The molecule has 0 bridgehead atoms. The Morgan fingerprint density at radius 1 is 1.13 bits per heavy atom. The topological polar surface area (TPSA) is 102 Å². The van der Waals surface area contributed by atoms with Crippen LogP contribution in [0, 0.1) is 0 Å². The summed E-state index contributed by atoms with van der Waals surface area (Å²) in [6.07, 6.45) is -4.04. The number of ether oxygens (including phenoxy) is 1. The zero-order valence-electron chi connectivity index (χ0n) is 11.3. The summed E-state index contributed by atoms with van der Waals surface area (Å²) in [5.41, 5.74) is 4.60. The maximum atomic E-state index is 12.4. The van der Waals surface area contributed by atoms with Crippen LogP contribution in [0.3, 0.4) is 0 Å². The molecule has 2 rings (SSSR count). The maximum absolute atomic E-state index is 12.4. The van der Waals surface area contributed by atoms with Crippen molar-refractivity contribution in [2.45, 2.75) is 6.18 Å². The number of hydrogen-bond acceptors (Lipinski definition) is 4. The Balaban J connectivity index is 2.61. The molecule has 1 aromatic heterocycles. The summed E-state index contributed by atoms with van der Waals surface area (Å²) in [5.74, 6) is -3.88. The number of rotatable bonds is 3. The number of amides is 1. The summed E-state index contributed by atoms with van der Waals surface area (Å²) in [6, 6.07) is 5.91. The van der Waals surface area contributed by atoms with Crippen molar-refractivity contribution < 1.29 is 27.5 Å². The number of benzene rings is 1. The Bertz CT molecular complexity index is 807. The Hall–Kier alpha value is -3.10. The van der Waals surface area contributed by atoms with E-state index in [2.05, 4.69) is 9.72 Å². The number of carbonyl (C=O) groups excluding carboxylic acids is 2. The summed E-state index contributed by atoms with van der Waals surface area (Å²) < 4.78 is 41.4. The van der Waals surface area contributed by atoms with Crippen LogP contribution in [0.4, 0.5) is 13.2 Å². The second-order valence-electron chi connectivity index (χ2n) is 4.37. The first kappa shape index (κ1) is 16.3. The Kier molecular flexibility index (Phi) is 4.21. The molecule has 0 aliphatic rings. The molecule has 1 aromatic carbocycles. The lowest BCUT2D eigenvalue weighted by molar-refractivity contribution is -0.189. The van der Waals surface area contributed by atoms with Crippen molar-refractivity contribution in [1.29, 1.82) is 0 Å². The lowest BCUT2D eigenvalue weighted by Crippen LogP contribution is -2.28. The van der Waals surface area contributed by atoms with Gasteiger partial charge in [-0.2, -0.15) is 13.2 Å². The number of nitrogens with one attached hydrogen (secondary N) is 1. The van der Waals surface area contributed by atoms with Crippen LogP contribution in [0.15, 0.2) is 41.3 Å². The molecule has 120 valence electrons. The zero-order chi connectivity index (χ0) is 17.2. The van der Waals surface area contributed by atoms with Gasteiger partial charge in [0, 0.05) is 23.4 Å². The molecule has 1 amide bonds. The molecular weight excluding hydrogens is 317 g/mol. The molecule has 0 aliphatic carbocycles. The van der Waals surface area contributed by atoms with Crippen molar-refractivity contribution in [3.8, 4) is 16.9 Å². The number of hydrogen-bond donors (Lipinski definition) is 2. The molecule has 9 heteroatoms. The highest BCUT2D eigenvalue weighted by Crippen LogP contribution is 2.34. The van der Waals surface area contributed by atoms with Crippen LogP contribution in [0.1, 0.15) is 10.4 Å². The molecule has 0 saturated heterocycles. The van der Waals surface area contributed by atoms with Crippen molar-refractivity contribution in [1.82, 2.24) is 4.98 Å². The SMILES string of the molecule is NC(=O)c1cccc(OC(=O)C(F)(F)F)c1-c1ccc(=O)[nH]c1. The minimum absolute atomic E-state index is 0.131. The highest BCUT2D eigenvalue weighted by molar-refractivity contribution is 6.01. The summed E-state index contributed by atoms with van der Waals surface area (Å²) >= 11 is 0. The number of esters is 1. The second-order valence-corrected chi connectivity index (χ2v) is 4.37. The van der Waals surface area contributed by atoms with Crippen LogP contribution in [-0.2, 0) is 4.79 Å². The Morgan fingerprint density at radius 3 is 2.35 bits per heavy atom. The fraction of sp³-hybridized carbons (Fsp3) is 0.0714. The summed E-state index contributed by atoms with van der Waals surface area (Å²) in [7, 11) is 0. The highest BCUT2D eigenvalue weighted by Gasteiger charge is 2.41. The third-order valence-corrected chi connectivity index (χ3v) is 2.80. The first-order valence-electron chi connectivity index (χ1n) is 6.11. The van der Waals surface area contributed by atoms with Crippen LogP contribution in [-0.4, -0.2) is 23.0 Å². The summed E-state index contributed by atoms with van der Waals surface area (Å²) in [5, 5.41) is 0. The first-order valence-corrected chi connectivity index (χ1v) is 6.11. The van der Waals surface area contributed by atoms with Gasteiger partial charge in [0.25, 0.3) is 0 Å². The summed E-state index contributed by atoms with van der Waals surface area (Å²) in [4.78, 5) is 35.9. The van der Waals surface area contributed by atoms with Crippen molar-refractivity contribution in [2.75, 3.05) is 0 Å². The normalized spacial score (nSPS) is 11.1. The van der Waals surface area contributed by atoms with E-state index in [9.17, 15) is 27.6 Å². The van der Waals surface area contributed by atoms with Crippen LogP contribution >= 0.6 is 0 Å². The van der Waals surface area contributed by atoms with E-state index in [1.54, 1.807) is 0 Å². The predicted molar refractivity (Wildman–Crippen MR) is 72.7 cm³/mol. The molecule has 6 nitrogen and oxygen atoms in total. The van der Waals surface area contributed by atoms with Gasteiger partial charge in [0.15, 0.2) is 0 Å². The van der Waals surface area contributed by atoms with E-state index in [4.69, 9.17) is 5.73 Å². The van der Waals surface area contributed by atoms with Gasteiger partial charge in [-0.3, -0.25) is 9.59 Å². The van der Waals surface area contributed by atoms with Gasteiger partial charge in [0.05, 0.1) is 5.56 Å². The third kappa shape index (κ3) is 3.57. The van der Waals surface area contributed by atoms with Gasteiger partial charge >= 0.3 is 12.1 Å². The quantitative estimate of drug-likeness (QED) is 0.661. The average molecular weight is 326 g/mol. The van der Waals surface area contributed by atoms with Crippen molar-refractivity contribution >= 4 is 11.9 Å². The minimum Gasteiger partial charge on any atom is -0.419 e. The second kappa shape index (κ2) is 5.95. The van der Waals surface area contributed by atoms with Gasteiger partial charge < -0.3 is 15.5 Å². The molecule has 0 atom stereocenters. The fourth-order valence-electron chi connectivity index (χ4n) is 1.84. The lowest BCUT2D eigenvalue weighted by Gasteiger charge is -2.14. The van der Waals surface area contributed by atoms with E-state index in [1.807, 2.05) is 0 Å². The molecule has 23 heavy (non-hydrogen) atoms. The molecule has 3 N–H and O–H groups in total. The van der Waals surface area contributed by atoms with Gasteiger partial charge in [0.2, 0.25) is 11.5 Å². The van der Waals surface area contributed by atoms with Crippen LogP contribution in [0.5, 0.6) is 5.75 Å². The molecule has 0 aliphatic heterocycles. The first-order chi connectivity index (χ1) is 10.7. The molecule has 0 radical (unpaired) electrons. The Labute approximate surface area is 126 Å². The minimum atomic E-state index is -5.20. The number of alkyl halides is 3. The fourth-order valence-corrected chi connectivity index (χ4v) is 1.84. The van der Waals surface area contributed by atoms with Gasteiger partial charge in [-0.15, -0.1) is 0 Å². The number of aromatic nitrogens is 1. The largest absolute Gasteiger partial charge is 0.491 e. The van der Waals surface area contributed by atoms with Crippen LogP contribution in [0.2, 0.25) is 0 Å². The molecule has 0 saturated carbocycles. The van der Waals surface area contributed by atoms with Crippen LogP contribution < -0.4 is 16.0 Å². The average Bonchev–Trinajstić information content (AvgIpc) is 2.47. The van der Waals surface area contributed by atoms with E-state index in [-0.39, 0.29) is 16.7 Å². The number of pyridine rings is 1. The molecule has 0 unspecified atom stereocenters. The van der Waals surface area contributed by atoms with Crippen LogP contribution in [0.25, 0.3) is 11.1 Å². The predicted octanol–water partition coefficient (Wildman–Crippen LogP) is 1.61. The van der Waals surface area contributed by atoms with Gasteiger partial charge in [-0.25, -0.2) is 4.79 Å². The van der Waals surface area contributed by atoms with Crippen molar-refractivity contribution in [3.05, 3.63) is 52.4 Å². The number of aromatic amines is 1. The monoisotopic (exact) mass is 326 g/mol. The third-order valence-electron chi connectivity index (χ3n) is 2.80. The number of carbonyl (C=O) groups is 2. The molecule has 0 fully saturated rings. The number of H-pyrrole nitrogens is 1. The van der Waals surface area contributed by atoms with Crippen molar-refractivity contribution in [2.24, 2.45) is 5.73 Å².